The maximum atomic E-state index is 11.4. The second kappa shape index (κ2) is 4.23. The Balaban J connectivity index is 4.32. The molecule has 0 radical (unpaired) electrons. The lowest BCUT2D eigenvalue weighted by atomic mass is 10.0. The summed E-state index contributed by atoms with van der Waals surface area (Å²) in [5.74, 6) is -0.206. The number of carbonyl (C=O) groups excluding carboxylic acids is 1. The first kappa shape index (κ1) is 11.9. The number of hydrogen-bond acceptors (Lipinski definition) is 2. The van der Waals surface area contributed by atoms with E-state index in [0.717, 1.165) is 0 Å². The molecule has 3 nitrogen and oxygen atoms in total. The lowest BCUT2D eigenvalue weighted by Crippen LogP contribution is -2.49. The van der Waals surface area contributed by atoms with Crippen LogP contribution < -0.4 is 11.1 Å². The second-order valence-electron chi connectivity index (χ2n) is 3.80. The van der Waals surface area contributed by atoms with Gasteiger partial charge in [-0.3, -0.25) is 4.79 Å². The van der Waals surface area contributed by atoms with Gasteiger partial charge in [-0.15, -0.1) is 0 Å². The number of amides is 1. The number of hydrogen-bond donors (Lipinski definition) is 2. The predicted octanol–water partition coefficient (Wildman–Crippen LogP) is 0.972. The molecule has 0 aliphatic rings. The van der Waals surface area contributed by atoms with Crippen LogP contribution in [0.3, 0.4) is 0 Å². The molecule has 1 amide bonds. The first-order valence-corrected chi connectivity index (χ1v) is 4.17. The van der Waals surface area contributed by atoms with Crippen LogP contribution in [0.2, 0.25) is 0 Å². The van der Waals surface area contributed by atoms with Crippen molar-refractivity contribution in [1.29, 1.82) is 0 Å². The average molecular weight is 182 g/mol. The molecule has 0 heterocycles. The molecule has 0 aromatic rings. The lowest BCUT2D eigenvalue weighted by Gasteiger charge is -2.24. The monoisotopic (exact) mass is 182 g/mol. The number of nitrogens with two attached hydrogens (primary N) is 1. The molecule has 13 heavy (non-hydrogen) atoms. The molecule has 0 spiro atoms. The maximum absolute atomic E-state index is 11.4. The molecule has 3 N–H and O–H groups in total. The minimum Gasteiger partial charge on any atom is -0.346 e. The number of nitrogens with one attached hydrogen (secondary N) is 1. The van der Waals surface area contributed by atoms with Gasteiger partial charge in [-0.2, -0.15) is 0 Å². The van der Waals surface area contributed by atoms with Crippen molar-refractivity contribution in [3.05, 3.63) is 24.3 Å². The van der Waals surface area contributed by atoms with Crippen molar-refractivity contribution in [3.8, 4) is 0 Å². The summed E-state index contributed by atoms with van der Waals surface area (Å²) >= 11 is 0. The SMILES string of the molecule is C=C(C)C(=C)C(=O)NC(C)(C)CN. The van der Waals surface area contributed by atoms with Crippen LogP contribution >= 0.6 is 0 Å². The summed E-state index contributed by atoms with van der Waals surface area (Å²) in [5, 5.41) is 2.76. The number of rotatable bonds is 4. The molecule has 0 aromatic carbocycles. The van der Waals surface area contributed by atoms with E-state index in [-0.39, 0.29) is 5.91 Å². The van der Waals surface area contributed by atoms with E-state index in [1.165, 1.54) is 0 Å². The summed E-state index contributed by atoms with van der Waals surface area (Å²) in [6, 6.07) is 0. The quantitative estimate of drug-likeness (QED) is 0.503. The van der Waals surface area contributed by atoms with Crippen LogP contribution in [0.25, 0.3) is 0 Å². The smallest absolute Gasteiger partial charge is 0.251 e. The van der Waals surface area contributed by atoms with Crippen LogP contribution in [0.1, 0.15) is 20.8 Å². The predicted molar refractivity (Wildman–Crippen MR) is 55.2 cm³/mol. The van der Waals surface area contributed by atoms with Gasteiger partial charge in [0, 0.05) is 17.7 Å². The van der Waals surface area contributed by atoms with Crippen LogP contribution in [0.15, 0.2) is 24.3 Å². The molecular weight excluding hydrogens is 164 g/mol. The van der Waals surface area contributed by atoms with Crippen LogP contribution in [0.4, 0.5) is 0 Å². The molecule has 0 fully saturated rings. The Morgan fingerprint density at radius 3 is 2.23 bits per heavy atom. The van der Waals surface area contributed by atoms with Gasteiger partial charge in [0.25, 0.3) is 5.91 Å². The molecule has 0 atom stereocenters. The van der Waals surface area contributed by atoms with Crippen LogP contribution in [-0.4, -0.2) is 18.0 Å². The van der Waals surface area contributed by atoms with E-state index < -0.39 is 5.54 Å². The van der Waals surface area contributed by atoms with Gasteiger partial charge in [0.1, 0.15) is 0 Å². The van der Waals surface area contributed by atoms with Gasteiger partial charge in [0.15, 0.2) is 0 Å². The van der Waals surface area contributed by atoms with E-state index in [4.69, 9.17) is 5.73 Å². The molecule has 0 unspecified atom stereocenters. The fourth-order valence-electron chi connectivity index (χ4n) is 0.628. The van der Waals surface area contributed by atoms with Gasteiger partial charge in [-0.05, 0) is 26.3 Å². The second-order valence-corrected chi connectivity index (χ2v) is 3.80. The molecule has 3 heteroatoms. The lowest BCUT2D eigenvalue weighted by molar-refractivity contribution is -0.118. The van der Waals surface area contributed by atoms with Gasteiger partial charge in [-0.1, -0.05) is 13.2 Å². The van der Waals surface area contributed by atoms with E-state index in [0.29, 0.717) is 17.7 Å². The molecule has 0 bridgehead atoms. The third kappa shape index (κ3) is 3.90. The molecule has 0 aliphatic heterocycles. The standard InChI is InChI=1S/C10H18N2O/c1-7(2)8(3)9(13)12-10(4,5)6-11/h1,3,6,11H2,2,4-5H3,(H,12,13). The molecular formula is C10H18N2O. The van der Waals surface area contributed by atoms with Gasteiger partial charge in [0.2, 0.25) is 0 Å². The number of carbonyl (C=O) groups is 1. The fraction of sp³-hybridized carbons (Fsp3) is 0.500. The normalized spacial score (nSPS) is 10.8. The van der Waals surface area contributed by atoms with Crippen LogP contribution in [0, 0.1) is 0 Å². The molecule has 0 rings (SSSR count). The third-order valence-electron chi connectivity index (χ3n) is 1.75. The summed E-state index contributed by atoms with van der Waals surface area (Å²) < 4.78 is 0. The van der Waals surface area contributed by atoms with E-state index in [2.05, 4.69) is 18.5 Å². The highest BCUT2D eigenvalue weighted by atomic mass is 16.1. The Labute approximate surface area is 79.7 Å². The first-order valence-electron chi connectivity index (χ1n) is 4.17. The van der Waals surface area contributed by atoms with Crippen molar-refractivity contribution in [3.63, 3.8) is 0 Å². The average Bonchev–Trinajstić information content (AvgIpc) is 2.02. The maximum Gasteiger partial charge on any atom is 0.251 e. The Bertz CT molecular complexity index is 241. The van der Waals surface area contributed by atoms with Gasteiger partial charge in [0.05, 0.1) is 0 Å². The highest BCUT2D eigenvalue weighted by Gasteiger charge is 2.19. The van der Waals surface area contributed by atoms with Crippen molar-refractivity contribution in [1.82, 2.24) is 5.32 Å². The van der Waals surface area contributed by atoms with Crippen molar-refractivity contribution < 1.29 is 4.79 Å². The Morgan fingerprint density at radius 2 is 1.92 bits per heavy atom. The van der Waals surface area contributed by atoms with E-state index in [1.807, 2.05) is 13.8 Å². The Kier molecular flexibility index (Phi) is 3.88. The Morgan fingerprint density at radius 1 is 1.46 bits per heavy atom. The van der Waals surface area contributed by atoms with Crippen molar-refractivity contribution in [2.24, 2.45) is 5.73 Å². The van der Waals surface area contributed by atoms with Crippen molar-refractivity contribution >= 4 is 5.91 Å². The van der Waals surface area contributed by atoms with Crippen molar-refractivity contribution in [2.75, 3.05) is 6.54 Å². The fourth-order valence-corrected chi connectivity index (χ4v) is 0.628. The summed E-state index contributed by atoms with van der Waals surface area (Å²) in [6.07, 6.45) is 0. The summed E-state index contributed by atoms with van der Waals surface area (Å²) in [6.45, 7) is 13.1. The first-order chi connectivity index (χ1) is 5.80. The van der Waals surface area contributed by atoms with Crippen LogP contribution in [-0.2, 0) is 4.79 Å². The van der Waals surface area contributed by atoms with Crippen LogP contribution in [0.5, 0.6) is 0 Å². The van der Waals surface area contributed by atoms with Gasteiger partial charge < -0.3 is 11.1 Å². The highest BCUT2D eigenvalue weighted by Crippen LogP contribution is 2.06. The summed E-state index contributed by atoms with van der Waals surface area (Å²) in [4.78, 5) is 11.4. The summed E-state index contributed by atoms with van der Waals surface area (Å²) in [5.41, 5.74) is 6.15. The highest BCUT2D eigenvalue weighted by molar-refractivity contribution is 5.97. The third-order valence-corrected chi connectivity index (χ3v) is 1.75. The minimum absolute atomic E-state index is 0.206. The summed E-state index contributed by atoms with van der Waals surface area (Å²) in [7, 11) is 0. The van der Waals surface area contributed by atoms with E-state index in [9.17, 15) is 4.79 Å². The van der Waals surface area contributed by atoms with Gasteiger partial charge in [-0.25, -0.2) is 0 Å². The zero-order valence-electron chi connectivity index (χ0n) is 8.61. The zero-order chi connectivity index (χ0) is 10.6. The minimum atomic E-state index is -0.393. The largest absolute Gasteiger partial charge is 0.346 e. The molecule has 0 aromatic heterocycles. The van der Waals surface area contributed by atoms with Crippen molar-refractivity contribution in [2.45, 2.75) is 26.3 Å². The Hall–Kier alpha value is -1.09. The molecule has 0 saturated carbocycles. The van der Waals surface area contributed by atoms with Gasteiger partial charge >= 0.3 is 0 Å². The zero-order valence-corrected chi connectivity index (χ0v) is 8.61. The van der Waals surface area contributed by atoms with E-state index in [1.54, 1.807) is 6.92 Å². The molecule has 0 aliphatic carbocycles. The molecule has 74 valence electrons. The molecule has 0 saturated heterocycles. The topological polar surface area (TPSA) is 55.1 Å². The van der Waals surface area contributed by atoms with E-state index >= 15 is 0 Å².